The number of fused-ring (bicyclic) bond motifs is 2. The topological polar surface area (TPSA) is 46.8 Å². The van der Waals surface area contributed by atoms with Crippen molar-refractivity contribution in [2.75, 3.05) is 0 Å². The van der Waals surface area contributed by atoms with Crippen molar-refractivity contribution in [1.29, 1.82) is 0 Å². The van der Waals surface area contributed by atoms with E-state index >= 15 is 0 Å². The van der Waals surface area contributed by atoms with Crippen LogP contribution in [0.15, 0.2) is 60.9 Å². The second-order valence-electron chi connectivity index (χ2n) is 13.0. The quantitative estimate of drug-likeness (QED) is 0.255. The molecule has 0 aliphatic carbocycles. The molecular weight excluding hydrogens is 522 g/mol. The van der Waals surface area contributed by atoms with Gasteiger partial charge in [-0.2, -0.15) is 0 Å². The summed E-state index contributed by atoms with van der Waals surface area (Å²) in [5.74, 6) is 5.39. The molecule has 2 fully saturated rings. The molecule has 0 unspecified atom stereocenters. The molecule has 216 valence electrons. The van der Waals surface area contributed by atoms with E-state index in [0.29, 0.717) is 13.1 Å². The molecule has 0 saturated carbocycles. The lowest BCUT2D eigenvalue weighted by atomic mass is 9.79. The van der Waals surface area contributed by atoms with Crippen molar-refractivity contribution >= 4 is 47.0 Å². The summed E-state index contributed by atoms with van der Waals surface area (Å²) in [7, 11) is -0.724. The van der Waals surface area contributed by atoms with E-state index in [2.05, 4.69) is 101 Å². The molecule has 2 aromatic heterocycles. The second kappa shape index (κ2) is 10.7. The lowest BCUT2D eigenvalue weighted by molar-refractivity contribution is 0.00578. The maximum atomic E-state index is 6.16. The third kappa shape index (κ3) is 5.19. The number of benzene rings is 2. The van der Waals surface area contributed by atoms with Gasteiger partial charge in [0.1, 0.15) is 0 Å². The minimum Gasteiger partial charge on any atom is -0.399 e. The average Bonchev–Trinajstić information content (AvgIpc) is 3.59. The summed E-state index contributed by atoms with van der Waals surface area (Å²) in [6.45, 7) is 17.6. The third-order valence-corrected chi connectivity index (χ3v) is 9.18. The van der Waals surface area contributed by atoms with Crippen molar-refractivity contribution in [3.05, 3.63) is 60.9 Å². The summed E-state index contributed by atoms with van der Waals surface area (Å²) >= 11 is 0. The van der Waals surface area contributed by atoms with Crippen LogP contribution in [0.25, 0.3) is 21.8 Å². The molecule has 4 aromatic rings. The van der Waals surface area contributed by atoms with E-state index in [9.17, 15) is 0 Å². The number of hydrogen-bond acceptors (Lipinski definition) is 4. The van der Waals surface area contributed by atoms with E-state index in [-0.39, 0.29) is 36.6 Å². The maximum Gasteiger partial charge on any atom is 0.497 e. The van der Waals surface area contributed by atoms with E-state index in [1.807, 2.05) is 36.7 Å². The van der Waals surface area contributed by atoms with E-state index in [0.717, 1.165) is 32.7 Å². The Morgan fingerprint density at radius 2 is 0.881 bits per heavy atom. The highest BCUT2D eigenvalue weighted by molar-refractivity contribution is 6.65. The van der Waals surface area contributed by atoms with E-state index in [1.165, 1.54) is 0 Å². The first-order valence-electron chi connectivity index (χ1n) is 14.4. The Labute approximate surface area is 250 Å². The van der Waals surface area contributed by atoms with Crippen LogP contribution in [0.2, 0.25) is 0 Å². The van der Waals surface area contributed by atoms with Crippen molar-refractivity contribution in [2.45, 2.75) is 90.9 Å². The molecule has 0 radical (unpaired) electrons. The summed E-state index contributed by atoms with van der Waals surface area (Å²) in [6.07, 6.45) is 15.0. The van der Waals surface area contributed by atoms with Gasteiger partial charge in [0.25, 0.3) is 0 Å². The zero-order valence-corrected chi connectivity index (χ0v) is 26.0. The highest BCUT2D eigenvalue weighted by Gasteiger charge is 2.53. The average molecular weight is 562 g/mol. The molecule has 0 spiro atoms. The molecule has 2 aromatic carbocycles. The predicted molar refractivity (Wildman–Crippen MR) is 173 cm³/mol. The van der Waals surface area contributed by atoms with Gasteiger partial charge in [0.2, 0.25) is 0 Å². The molecule has 6 nitrogen and oxygen atoms in total. The van der Waals surface area contributed by atoms with E-state index in [1.54, 1.807) is 0 Å². The molecule has 2 saturated heterocycles. The minimum atomic E-state index is -0.362. The van der Waals surface area contributed by atoms with Gasteiger partial charge < -0.3 is 27.8 Å². The molecule has 0 bridgehead atoms. The van der Waals surface area contributed by atoms with Crippen LogP contribution in [0.3, 0.4) is 0 Å². The Bertz CT molecular complexity index is 1540. The molecule has 4 heterocycles. The van der Waals surface area contributed by atoms with Crippen molar-refractivity contribution in [1.82, 2.24) is 9.13 Å². The molecule has 8 heteroatoms. The SMILES string of the molecule is C#CCn1cc(B2OC(C)(C)C(C)(C)O2)c2ccccc21.C#CCn1cc(B2OC(C)(C)C(C)(C)O2)c2ccccc21. The molecule has 2 aliphatic rings. The first-order chi connectivity index (χ1) is 19.7. The van der Waals surface area contributed by atoms with Crippen molar-refractivity contribution in [3.63, 3.8) is 0 Å². The highest BCUT2D eigenvalue weighted by atomic mass is 16.7. The van der Waals surface area contributed by atoms with Crippen molar-refractivity contribution in [3.8, 4) is 24.7 Å². The zero-order chi connectivity index (χ0) is 30.5. The molecule has 6 rings (SSSR count). The van der Waals surface area contributed by atoms with Gasteiger partial charge in [0, 0.05) is 34.4 Å². The number of nitrogens with zero attached hydrogens (tertiary/aromatic N) is 2. The van der Waals surface area contributed by atoms with Crippen molar-refractivity contribution in [2.24, 2.45) is 0 Å². The third-order valence-electron chi connectivity index (χ3n) is 9.18. The summed E-state index contributed by atoms with van der Waals surface area (Å²) in [5, 5.41) is 2.26. The van der Waals surface area contributed by atoms with E-state index in [4.69, 9.17) is 31.5 Å². The number of rotatable bonds is 4. The fraction of sp³-hybridized carbons (Fsp3) is 0.412. The summed E-state index contributed by atoms with van der Waals surface area (Å²) in [5.41, 5.74) is 2.94. The van der Waals surface area contributed by atoms with Crippen LogP contribution < -0.4 is 10.9 Å². The summed E-state index contributed by atoms with van der Waals surface area (Å²) in [6, 6.07) is 16.4. The standard InChI is InChI=1S/2C17H20BNO2/c2*1-6-11-19-12-14(13-9-7-8-10-15(13)19)18-20-16(2,3)17(4,5)21-18/h2*1,7-10,12H,11H2,2-5H3. The Balaban J connectivity index is 0.000000168. The van der Waals surface area contributed by atoms with Gasteiger partial charge in [0.05, 0.1) is 35.5 Å². The van der Waals surface area contributed by atoms with Crippen LogP contribution in [0.1, 0.15) is 55.4 Å². The smallest absolute Gasteiger partial charge is 0.399 e. The van der Waals surface area contributed by atoms with Gasteiger partial charge in [-0.1, -0.05) is 48.2 Å². The van der Waals surface area contributed by atoms with Crippen molar-refractivity contribution < 1.29 is 18.6 Å². The number of hydrogen-bond donors (Lipinski definition) is 0. The molecule has 2 aliphatic heterocycles. The fourth-order valence-electron chi connectivity index (χ4n) is 5.32. The molecule has 0 amide bonds. The van der Waals surface area contributed by atoms with Crippen LogP contribution >= 0.6 is 0 Å². The Morgan fingerprint density at radius 1 is 0.571 bits per heavy atom. The van der Waals surface area contributed by atoms with Crippen LogP contribution in [-0.2, 0) is 31.7 Å². The predicted octanol–water partition coefficient (Wildman–Crippen LogP) is 5.15. The van der Waals surface area contributed by atoms with Gasteiger partial charge in [-0.15, -0.1) is 12.8 Å². The number of para-hydroxylation sites is 2. The van der Waals surface area contributed by atoms with E-state index < -0.39 is 0 Å². The Kier molecular flexibility index (Phi) is 7.67. The Hall–Kier alpha value is -3.39. The van der Waals surface area contributed by atoms with Gasteiger partial charge in [0.15, 0.2) is 0 Å². The molecular formula is C34H40B2N2O4. The van der Waals surface area contributed by atoms with Crippen LogP contribution in [0.4, 0.5) is 0 Å². The fourth-order valence-corrected chi connectivity index (χ4v) is 5.32. The molecule has 0 N–H and O–H groups in total. The lowest BCUT2D eigenvalue weighted by Gasteiger charge is -2.32. The number of aromatic nitrogens is 2. The van der Waals surface area contributed by atoms with Gasteiger partial charge in [-0.05, 0) is 78.3 Å². The summed E-state index contributed by atoms with van der Waals surface area (Å²) in [4.78, 5) is 0. The van der Waals surface area contributed by atoms with Crippen LogP contribution in [0, 0.1) is 24.7 Å². The molecule has 42 heavy (non-hydrogen) atoms. The molecule has 0 atom stereocenters. The van der Waals surface area contributed by atoms with Gasteiger partial charge in [-0.3, -0.25) is 0 Å². The first kappa shape index (κ1) is 30.1. The van der Waals surface area contributed by atoms with Crippen LogP contribution in [-0.4, -0.2) is 45.8 Å². The highest BCUT2D eigenvalue weighted by Crippen LogP contribution is 2.38. The summed E-state index contributed by atoms with van der Waals surface area (Å²) < 4.78 is 28.8. The maximum absolute atomic E-state index is 6.16. The second-order valence-corrected chi connectivity index (χ2v) is 13.0. The zero-order valence-electron chi connectivity index (χ0n) is 26.0. The number of terminal acetylenes is 2. The lowest BCUT2D eigenvalue weighted by Crippen LogP contribution is -2.41. The largest absolute Gasteiger partial charge is 0.497 e. The van der Waals surface area contributed by atoms with Gasteiger partial charge in [-0.25, -0.2) is 0 Å². The minimum absolute atomic E-state index is 0.340. The van der Waals surface area contributed by atoms with Crippen LogP contribution in [0.5, 0.6) is 0 Å². The Morgan fingerprint density at radius 3 is 1.19 bits per heavy atom. The monoisotopic (exact) mass is 562 g/mol. The normalized spacial score (nSPS) is 19.9. The first-order valence-corrected chi connectivity index (χ1v) is 14.4. The van der Waals surface area contributed by atoms with Gasteiger partial charge >= 0.3 is 14.2 Å².